The number of aryl methyl sites for hydroxylation is 2. The molecule has 2 aliphatic rings. The molecule has 0 saturated carbocycles. The van der Waals surface area contributed by atoms with Crippen molar-refractivity contribution in [1.82, 2.24) is 30.3 Å². The highest BCUT2D eigenvalue weighted by molar-refractivity contribution is 14.0. The van der Waals surface area contributed by atoms with E-state index in [2.05, 4.69) is 31.8 Å². The van der Waals surface area contributed by atoms with Crippen LogP contribution >= 0.6 is 24.0 Å². The van der Waals surface area contributed by atoms with Crippen LogP contribution in [0, 0.1) is 6.92 Å². The minimum absolute atomic E-state index is 0. The van der Waals surface area contributed by atoms with E-state index in [4.69, 9.17) is 4.74 Å². The largest absolute Gasteiger partial charge is 0.493 e. The number of aromatic nitrogens is 3. The Labute approximate surface area is 199 Å². The number of fused-ring (bicyclic) bond motifs is 2. The molecule has 2 atom stereocenters. The summed E-state index contributed by atoms with van der Waals surface area (Å²) in [5.74, 6) is 3.31. The van der Waals surface area contributed by atoms with E-state index < -0.39 is 0 Å². The van der Waals surface area contributed by atoms with Gasteiger partial charge in [0.2, 0.25) is 5.91 Å². The first-order valence-electron chi connectivity index (χ1n) is 10.4. The smallest absolute Gasteiger partial charge is 0.243 e. The maximum atomic E-state index is 12.1. The Bertz CT molecular complexity index is 944. The molecule has 31 heavy (non-hydrogen) atoms. The fourth-order valence-corrected chi connectivity index (χ4v) is 3.82. The molecule has 4 rings (SSSR count). The van der Waals surface area contributed by atoms with E-state index >= 15 is 0 Å². The second kappa shape index (κ2) is 10.3. The zero-order chi connectivity index (χ0) is 21.1. The van der Waals surface area contributed by atoms with E-state index in [-0.39, 0.29) is 48.5 Å². The molecule has 9 nitrogen and oxygen atoms in total. The van der Waals surface area contributed by atoms with Crippen molar-refractivity contribution in [2.45, 2.75) is 44.8 Å². The number of aliphatic imine (C=N–C) groups is 1. The molecule has 1 aromatic carbocycles. The van der Waals surface area contributed by atoms with Crippen LogP contribution in [0.25, 0.3) is 0 Å². The van der Waals surface area contributed by atoms with E-state index in [9.17, 15) is 4.79 Å². The molecule has 1 amide bonds. The quantitative estimate of drug-likeness (QED) is 0.349. The number of benzene rings is 1. The molecule has 2 N–H and O–H groups in total. The zero-order valence-corrected chi connectivity index (χ0v) is 20.5. The summed E-state index contributed by atoms with van der Waals surface area (Å²) in [6.07, 6.45) is 2.63. The van der Waals surface area contributed by atoms with Crippen LogP contribution in [0.5, 0.6) is 5.75 Å². The normalized spacial score (nSPS) is 19.9. The molecule has 2 aliphatic heterocycles. The first kappa shape index (κ1) is 23.3. The predicted octanol–water partition coefficient (Wildman–Crippen LogP) is 1.67. The molecule has 10 heteroatoms. The number of carbonyl (C=O) groups excluding carboxylic acids is 1. The number of halogens is 1. The number of guanidine groups is 1. The van der Waals surface area contributed by atoms with Gasteiger partial charge >= 0.3 is 0 Å². The highest BCUT2D eigenvalue weighted by Crippen LogP contribution is 2.31. The Morgan fingerprint density at radius 2 is 2.10 bits per heavy atom. The standard InChI is InChI=1S/C21H29N7O2.HI/c1-14-23-19-9-8-15(13-28(19)26-14)24-21(22-12-20(29)27(2)3)25-17-10-11-30-18-7-5-4-6-16(17)18;/h4-7,15,17H,8-13H2,1-3H3,(H2,22,24,25);1H. The van der Waals surface area contributed by atoms with Gasteiger partial charge in [0.05, 0.1) is 19.2 Å². The van der Waals surface area contributed by atoms with Gasteiger partial charge in [-0.25, -0.2) is 14.7 Å². The average molecular weight is 539 g/mol. The number of ether oxygens (including phenoxy) is 1. The molecule has 0 radical (unpaired) electrons. The maximum absolute atomic E-state index is 12.1. The monoisotopic (exact) mass is 539 g/mol. The second-order valence-corrected chi connectivity index (χ2v) is 7.96. The molecule has 2 unspecified atom stereocenters. The Morgan fingerprint density at radius 3 is 2.90 bits per heavy atom. The topological polar surface area (TPSA) is 96.7 Å². The minimum atomic E-state index is -0.0405. The number of nitrogens with one attached hydrogen (secondary N) is 2. The number of likely N-dealkylation sites (N-methyl/N-ethyl adjacent to an activating group) is 1. The number of para-hydroxylation sites is 1. The Morgan fingerprint density at radius 1 is 1.29 bits per heavy atom. The van der Waals surface area contributed by atoms with E-state index in [1.807, 2.05) is 29.8 Å². The molecule has 0 aliphatic carbocycles. The van der Waals surface area contributed by atoms with Crippen LogP contribution in [0.1, 0.15) is 36.1 Å². The van der Waals surface area contributed by atoms with Crippen molar-refractivity contribution < 1.29 is 9.53 Å². The van der Waals surface area contributed by atoms with Crippen LogP contribution in [0.2, 0.25) is 0 Å². The summed E-state index contributed by atoms with van der Waals surface area (Å²) < 4.78 is 7.74. The molecule has 0 saturated heterocycles. The number of nitrogens with zero attached hydrogens (tertiary/aromatic N) is 5. The summed E-state index contributed by atoms with van der Waals surface area (Å²) in [4.78, 5) is 22.7. The third-order valence-corrected chi connectivity index (χ3v) is 5.45. The van der Waals surface area contributed by atoms with Crippen LogP contribution in [0.4, 0.5) is 0 Å². The van der Waals surface area contributed by atoms with Crippen LogP contribution < -0.4 is 15.4 Å². The third-order valence-electron chi connectivity index (χ3n) is 5.45. The Balaban J connectivity index is 0.00000272. The lowest BCUT2D eigenvalue weighted by atomic mass is 10.0. The summed E-state index contributed by atoms with van der Waals surface area (Å²) in [7, 11) is 3.48. The summed E-state index contributed by atoms with van der Waals surface area (Å²) in [5, 5.41) is 11.5. The Hall–Kier alpha value is -2.37. The van der Waals surface area contributed by atoms with Gasteiger partial charge in [0.1, 0.15) is 23.9 Å². The molecule has 0 bridgehead atoms. The van der Waals surface area contributed by atoms with Gasteiger partial charge in [0.25, 0.3) is 0 Å². The highest BCUT2D eigenvalue weighted by atomic mass is 127. The predicted molar refractivity (Wildman–Crippen MR) is 129 cm³/mol. The van der Waals surface area contributed by atoms with Crippen molar-refractivity contribution >= 4 is 35.8 Å². The first-order valence-corrected chi connectivity index (χ1v) is 10.4. The van der Waals surface area contributed by atoms with Crippen molar-refractivity contribution in [3.8, 4) is 5.75 Å². The van der Waals surface area contributed by atoms with E-state index in [0.29, 0.717) is 12.6 Å². The summed E-state index contributed by atoms with van der Waals surface area (Å²) in [6.45, 7) is 3.37. The first-order chi connectivity index (χ1) is 14.5. The lowest BCUT2D eigenvalue weighted by Gasteiger charge is -2.30. The van der Waals surface area contributed by atoms with Crippen LogP contribution in [0.3, 0.4) is 0 Å². The summed E-state index contributed by atoms with van der Waals surface area (Å²) >= 11 is 0. The fourth-order valence-electron chi connectivity index (χ4n) is 3.82. The highest BCUT2D eigenvalue weighted by Gasteiger charge is 2.25. The number of hydrogen-bond donors (Lipinski definition) is 2. The minimum Gasteiger partial charge on any atom is -0.493 e. The molecule has 168 valence electrons. The zero-order valence-electron chi connectivity index (χ0n) is 18.2. The number of rotatable bonds is 4. The maximum Gasteiger partial charge on any atom is 0.243 e. The second-order valence-electron chi connectivity index (χ2n) is 7.96. The SMILES string of the molecule is Cc1nc2n(n1)CC(NC(=NCC(=O)N(C)C)NC1CCOc3ccccc31)CC2.I. The van der Waals surface area contributed by atoms with Gasteiger partial charge in [-0.05, 0) is 19.4 Å². The summed E-state index contributed by atoms with van der Waals surface area (Å²) in [5.41, 5.74) is 1.11. The van der Waals surface area contributed by atoms with Crippen molar-refractivity contribution in [1.29, 1.82) is 0 Å². The van der Waals surface area contributed by atoms with E-state index in [0.717, 1.165) is 48.8 Å². The lowest BCUT2D eigenvalue weighted by molar-refractivity contribution is -0.127. The van der Waals surface area contributed by atoms with Crippen molar-refractivity contribution in [2.24, 2.45) is 4.99 Å². The van der Waals surface area contributed by atoms with Gasteiger partial charge in [-0.3, -0.25) is 4.79 Å². The van der Waals surface area contributed by atoms with Crippen molar-refractivity contribution in [2.75, 3.05) is 27.2 Å². The van der Waals surface area contributed by atoms with E-state index in [1.54, 1.807) is 19.0 Å². The van der Waals surface area contributed by atoms with Gasteiger partial charge in [0, 0.05) is 38.5 Å². The molecule has 0 spiro atoms. The Kier molecular flexibility index (Phi) is 7.74. The van der Waals surface area contributed by atoms with Crippen molar-refractivity contribution in [3.63, 3.8) is 0 Å². The fraction of sp³-hybridized carbons (Fsp3) is 0.524. The molecule has 1 aromatic heterocycles. The molecule has 3 heterocycles. The molecule has 0 fully saturated rings. The number of amides is 1. The van der Waals surface area contributed by atoms with Gasteiger partial charge in [0.15, 0.2) is 5.96 Å². The van der Waals surface area contributed by atoms with Gasteiger partial charge in [-0.1, -0.05) is 18.2 Å². The lowest BCUT2D eigenvalue weighted by Crippen LogP contribution is -2.49. The molecule has 2 aromatic rings. The average Bonchev–Trinajstić information content (AvgIpc) is 3.11. The summed E-state index contributed by atoms with van der Waals surface area (Å²) in [6, 6.07) is 8.28. The number of hydrogen-bond acceptors (Lipinski definition) is 5. The van der Waals surface area contributed by atoms with Crippen molar-refractivity contribution in [3.05, 3.63) is 41.5 Å². The molecular weight excluding hydrogens is 509 g/mol. The van der Waals surface area contributed by atoms with E-state index in [1.165, 1.54) is 0 Å². The third kappa shape index (κ3) is 5.66. The van der Waals surface area contributed by atoms with Gasteiger partial charge < -0.3 is 20.3 Å². The van der Waals surface area contributed by atoms with Gasteiger partial charge in [-0.15, -0.1) is 24.0 Å². The molecular formula is C21H30IN7O2. The number of carbonyl (C=O) groups is 1. The van der Waals surface area contributed by atoms with Crippen LogP contribution in [-0.2, 0) is 17.8 Å². The van der Waals surface area contributed by atoms with Gasteiger partial charge in [-0.2, -0.15) is 5.10 Å². The van der Waals surface area contributed by atoms with Crippen LogP contribution in [-0.4, -0.2) is 64.8 Å². The van der Waals surface area contributed by atoms with Crippen LogP contribution in [0.15, 0.2) is 29.3 Å².